The molecule has 4 nitrogen and oxygen atoms in total. The summed E-state index contributed by atoms with van der Waals surface area (Å²) in [6.45, 7) is 2.68. The van der Waals surface area contributed by atoms with Crippen molar-refractivity contribution in [3.63, 3.8) is 0 Å². The smallest absolute Gasteiger partial charge is 0.411 e. The highest BCUT2D eigenvalue weighted by atomic mass is 16.5. The summed E-state index contributed by atoms with van der Waals surface area (Å²) in [6, 6.07) is 0. The van der Waals surface area contributed by atoms with Gasteiger partial charge in [0.15, 0.2) is 0 Å². The lowest BCUT2D eigenvalue weighted by Crippen LogP contribution is -2.28. The molecule has 0 spiro atoms. The summed E-state index contributed by atoms with van der Waals surface area (Å²) in [4.78, 5) is 11.9. The van der Waals surface area contributed by atoms with Crippen LogP contribution in [-0.2, 0) is 4.74 Å². The van der Waals surface area contributed by atoms with Crippen molar-refractivity contribution in [2.45, 2.75) is 6.92 Å². The van der Waals surface area contributed by atoms with E-state index in [1.54, 1.807) is 19.1 Å². The SMILES string of the molecule is CCN(C(=O)O)C1=CCOC=C1. The molecule has 0 atom stereocenters. The number of hydrogen-bond donors (Lipinski definition) is 1. The predicted molar refractivity (Wildman–Crippen MR) is 43.6 cm³/mol. The van der Waals surface area contributed by atoms with Crippen molar-refractivity contribution in [2.24, 2.45) is 0 Å². The average molecular weight is 169 g/mol. The van der Waals surface area contributed by atoms with Gasteiger partial charge in [-0.1, -0.05) is 0 Å². The Morgan fingerprint density at radius 2 is 2.58 bits per heavy atom. The molecule has 1 N–H and O–H groups in total. The van der Waals surface area contributed by atoms with Crippen molar-refractivity contribution in [1.29, 1.82) is 0 Å². The van der Waals surface area contributed by atoms with Crippen molar-refractivity contribution in [3.8, 4) is 0 Å². The summed E-state index contributed by atoms with van der Waals surface area (Å²) in [5.41, 5.74) is 0.677. The zero-order valence-corrected chi connectivity index (χ0v) is 6.86. The van der Waals surface area contributed by atoms with Crippen LogP contribution in [0.3, 0.4) is 0 Å². The highest BCUT2D eigenvalue weighted by Gasteiger charge is 2.13. The molecule has 0 radical (unpaired) electrons. The molecular weight excluding hydrogens is 158 g/mol. The molecule has 66 valence electrons. The molecule has 0 saturated heterocycles. The topological polar surface area (TPSA) is 49.8 Å². The third-order valence-corrected chi connectivity index (χ3v) is 1.58. The second-order valence-corrected chi connectivity index (χ2v) is 2.29. The number of rotatable bonds is 2. The number of allylic oxidation sites excluding steroid dienone is 1. The van der Waals surface area contributed by atoms with Crippen LogP contribution in [0.5, 0.6) is 0 Å². The average Bonchev–Trinajstić information content (AvgIpc) is 2.07. The van der Waals surface area contributed by atoms with Gasteiger partial charge in [0.2, 0.25) is 0 Å². The second kappa shape index (κ2) is 3.80. The quantitative estimate of drug-likeness (QED) is 0.680. The van der Waals surface area contributed by atoms with Crippen molar-refractivity contribution in [2.75, 3.05) is 13.2 Å². The van der Waals surface area contributed by atoms with E-state index in [1.807, 2.05) is 0 Å². The number of nitrogens with zero attached hydrogens (tertiary/aromatic N) is 1. The fourth-order valence-corrected chi connectivity index (χ4v) is 1.00. The molecular formula is C8H11NO3. The summed E-state index contributed by atoms with van der Waals surface area (Å²) in [6.07, 6.45) is 3.94. The first-order valence-electron chi connectivity index (χ1n) is 3.74. The molecule has 0 bridgehead atoms. The molecule has 0 aromatic carbocycles. The molecule has 0 aromatic rings. The fourth-order valence-electron chi connectivity index (χ4n) is 1.00. The number of carbonyl (C=O) groups is 1. The highest BCUT2D eigenvalue weighted by molar-refractivity contribution is 5.68. The molecule has 0 unspecified atom stereocenters. The van der Waals surface area contributed by atoms with E-state index in [-0.39, 0.29) is 0 Å². The Bertz CT molecular complexity index is 232. The van der Waals surface area contributed by atoms with E-state index in [1.165, 1.54) is 11.2 Å². The fraction of sp³-hybridized carbons (Fsp3) is 0.375. The molecule has 1 rings (SSSR count). The molecule has 1 amide bonds. The van der Waals surface area contributed by atoms with Crippen LogP contribution in [0.4, 0.5) is 4.79 Å². The summed E-state index contributed by atoms with van der Waals surface area (Å²) >= 11 is 0. The minimum atomic E-state index is -0.935. The minimum Gasteiger partial charge on any atom is -0.497 e. The molecule has 1 heterocycles. The van der Waals surface area contributed by atoms with Crippen LogP contribution in [0.15, 0.2) is 24.1 Å². The van der Waals surface area contributed by atoms with Gasteiger partial charge < -0.3 is 9.84 Å². The van der Waals surface area contributed by atoms with Crippen LogP contribution >= 0.6 is 0 Å². The molecule has 0 saturated carbocycles. The number of ether oxygens (including phenoxy) is 1. The Balaban J connectivity index is 2.71. The largest absolute Gasteiger partial charge is 0.497 e. The van der Waals surface area contributed by atoms with Gasteiger partial charge >= 0.3 is 6.09 Å². The summed E-state index contributed by atoms with van der Waals surface area (Å²) in [5.74, 6) is 0. The molecule has 0 fully saturated rings. The summed E-state index contributed by atoms with van der Waals surface area (Å²) in [7, 11) is 0. The minimum absolute atomic E-state index is 0.440. The van der Waals surface area contributed by atoms with E-state index < -0.39 is 6.09 Å². The number of amides is 1. The summed E-state index contributed by atoms with van der Waals surface area (Å²) < 4.78 is 4.90. The van der Waals surface area contributed by atoms with Gasteiger partial charge in [0.05, 0.1) is 6.26 Å². The number of likely N-dealkylation sites (N-methyl/N-ethyl adjacent to an activating group) is 1. The monoisotopic (exact) mass is 169 g/mol. The van der Waals surface area contributed by atoms with E-state index in [2.05, 4.69) is 0 Å². The Hall–Kier alpha value is -1.45. The standard InChI is InChI=1S/C8H11NO3/c1-2-9(8(10)11)7-3-5-12-6-4-7/h3-5H,2,6H2,1H3,(H,10,11). The summed E-state index contributed by atoms with van der Waals surface area (Å²) in [5, 5.41) is 8.74. The number of carboxylic acid groups (broad SMARTS) is 1. The van der Waals surface area contributed by atoms with Gasteiger partial charge in [-0.2, -0.15) is 0 Å². The van der Waals surface area contributed by atoms with Gasteiger partial charge in [-0.05, 0) is 19.1 Å². The van der Waals surface area contributed by atoms with Crippen molar-refractivity contribution < 1.29 is 14.6 Å². The van der Waals surface area contributed by atoms with Crippen molar-refractivity contribution >= 4 is 6.09 Å². The lowest BCUT2D eigenvalue weighted by Gasteiger charge is -2.19. The van der Waals surface area contributed by atoms with Gasteiger partial charge in [-0.15, -0.1) is 0 Å². The molecule has 1 aliphatic heterocycles. The highest BCUT2D eigenvalue weighted by Crippen LogP contribution is 2.09. The lowest BCUT2D eigenvalue weighted by atomic mass is 10.3. The van der Waals surface area contributed by atoms with E-state index in [4.69, 9.17) is 9.84 Å². The van der Waals surface area contributed by atoms with Gasteiger partial charge in [0, 0.05) is 12.2 Å². The maximum absolute atomic E-state index is 10.6. The van der Waals surface area contributed by atoms with Crippen molar-refractivity contribution in [1.82, 2.24) is 4.90 Å². The first kappa shape index (κ1) is 8.64. The third-order valence-electron chi connectivity index (χ3n) is 1.58. The first-order chi connectivity index (χ1) is 5.75. The van der Waals surface area contributed by atoms with E-state index in [0.717, 1.165) is 0 Å². The normalized spacial score (nSPS) is 14.9. The van der Waals surface area contributed by atoms with Gasteiger partial charge in [-0.3, -0.25) is 4.90 Å². The van der Waals surface area contributed by atoms with Crippen LogP contribution in [0.1, 0.15) is 6.92 Å². The molecule has 0 aliphatic carbocycles. The maximum atomic E-state index is 10.6. The van der Waals surface area contributed by atoms with Crippen LogP contribution in [0, 0.1) is 0 Å². The van der Waals surface area contributed by atoms with E-state index >= 15 is 0 Å². The van der Waals surface area contributed by atoms with Crippen LogP contribution in [-0.4, -0.2) is 29.3 Å². The number of hydrogen-bond acceptors (Lipinski definition) is 2. The van der Waals surface area contributed by atoms with Crippen LogP contribution in [0.2, 0.25) is 0 Å². The third kappa shape index (κ3) is 1.78. The van der Waals surface area contributed by atoms with E-state index in [9.17, 15) is 4.79 Å². The zero-order chi connectivity index (χ0) is 8.97. The first-order valence-corrected chi connectivity index (χ1v) is 3.74. The zero-order valence-electron chi connectivity index (χ0n) is 6.86. The molecule has 12 heavy (non-hydrogen) atoms. The Morgan fingerprint density at radius 3 is 3.00 bits per heavy atom. The molecule has 4 heteroatoms. The van der Waals surface area contributed by atoms with Gasteiger partial charge in [0.1, 0.15) is 6.61 Å². The lowest BCUT2D eigenvalue weighted by molar-refractivity contribution is 0.160. The van der Waals surface area contributed by atoms with Gasteiger partial charge in [0.25, 0.3) is 0 Å². The predicted octanol–water partition coefficient (Wildman–Crippen LogP) is 1.41. The van der Waals surface area contributed by atoms with Crippen LogP contribution < -0.4 is 0 Å². The Kier molecular flexibility index (Phi) is 2.74. The maximum Gasteiger partial charge on any atom is 0.411 e. The Morgan fingerprint density at radius 1 is 1.83 bits per heavy atom. The van der Waals surface area contributed by atoms with Crippen LogP contribution in [0.25, 0.3) is 0 Å². The van der Waals surface area contributed by atoms with Gasteiger partial charge in [-0.25, -0.2) is 4.79 Å². The molecule has 1 aliphatic rings. The van der Waals surface area contributed by atoms with Crippen molar-refractivity contribution in [3.05, 3.63) is 24.1 Å². The second-order valence-electron chi connectivity index (χ2n) is 2.29. The Labute approximate surface area is 70.7 Å². The molecule has 0 aromatic heterocycles. The van der Waals surface area contributed by atoms with E-state index in [0.29, 0.717) is 18.8 Å².